The van der Waals surface area contributed by atoms with Crippen molar-refractivity contribution in [1.82, 2.24) is 4.40 Å². The van der Waals surface area contributed by atoms with Gasteiger partial charge in [0.25, 0.3) is 0 Å². The van der Waals surface area contributed by atoms with Gasteiger partial charge in [-0.25, -0.2) is 8.42 Å². The summed E-state index contributed by atoms with van der Waals surface area (Å²) >= 11 is 1.73. The summed E-state index contributed by atoms with van der Waals surface area (Å²) < 4.78 is 25.5. The van der Waals surface area contributed by atoms with Crippen molar-refractivity contribution in [2.75, 3.05) is 6.26 Å². The van der Waals surface area contributed by atoms with Crippen molar-refractivity contribution in [3.8, 4) is 21.7 Å². The lowest BCUT2D eigenvalue weighted by Crippen LogP contribution is -1.96. The van der Waals surface area contributed by atoms with E-state index in [9.17, 15) is 8.42 Å². The summed E-state index contributed by atoms with van der Waals surface area (Å²) in [6, 6.07) is 21.5. The second-order valence-electron chi connectivity index (χ2n) is 5.66. The lowest BCUT2D eigenvalue weighted by molar-refractivity contribution is 0.602. The Bertz CT molecular complexity index is 1110. The van der Waals surface area contributed by atoms with E-state index in [-0.39, 0.29) is 0 Å². The first-order valence-corrected chi connectivity index (χ1v) is 10.2. The van der Waals surface area contributed by atoms with Crippen molar-refractivity contribution in [2.45, 2.75) is 4.90 Å². The van der Waals surface area contributed by atoms with Crippen LogP contribution in [-0.4, -0.2) is 19.1 Å². The number of hydrogen-bond acceptors (Lipinski definition) is 3. The topological polar surface area (TPSA) is 38.5 Å². The molecule has 0 unspecified atom stereocenters. The molecule has 120 valence electrons. The first-order chi connectivity index (χ1) is 11.5. The number of thiazole rings is 1. The zero-order valence-electron chi connectivity index (χ0n) is 13.0. The molecule has 0 radical (unpaired) electrons. The molecule has 0 atom stereocenters. The number of aromatic nitrogens is 1. The lowest BCUT2D eigenvalue weighted by atomic mass is 10.1. The normalized spacial score (nSPS) is 11.9. The van der Waals surface area contributed by atoms with Gasteiger partial charge in [-0.15, -0.1) is 11.3 Å². The minimum absolute atomic E-state index is 0.339. The molecule has 4 rings (SSSR count). The van der Waals surface area contributed by atoms with E-state index in [0.717, 1.165) is 21.7 Å². The van der Waals surface area contributed by atoms with Crippen LogP contribution in [0.4, 0.5) is 0 Å². The van der Waals surface area contributed by atoms with Gasteiger partial charge in [-0.1, -0.05) is 42.5 Å². The quantitative estimate of drug-likeness (QED) is 0.534. The summed E-state index contributed by atoms with van der Waals surface area (Å²) in [5.41, 5.74) is 3.25. The molecular formula is C19H15NO2S2. The van der Waals surface area contributed by atoms with Gasteiger partial charge in [0.15, 0.2) is 9.84 Å². The summed E-state index contributed by atoms with van der Waals surface area (Å²) in [5.74, 6) is 0. The maximum Gasteiger partial charge on any atom is 0.175 e. The lowest BCUT2D eigenvalue weighted by Gasteiger charge is -2.07. The van der Waals surface area contributed by atoms with Gasteiger partial charge in [-0.05, 0) is 29.8 Å². The highest BCUT2D eigenvalue weighted by Gasteiger charge is 2.16. The van der Waals surface area contributed by atoms with Gasteiger partial charge in [0.05, 0.1) is 15.5 Å². The van der Waals surface area contributed by atoms with Gasteiger partial charge in [0, 0.05) is 18.0 Å². The molecule has 0 amide bonds. The predicted molar refractivity (Wildman–Crippen MR) is 99.3 cm³/mol. The summed E-state index contributed by atoms with van der Waals surface area (Å²) in [6.07, 6.45) is 3.27. The summed E-state index contributed by atoms with van der Waals surface area (Å²) in [6.45, 7) is 0. The smallest absolute Gasteiger partial charge is 0.175 e. The Kier molecular flexibility index (Phi) is 3.55. The highest BCUT2D eigenvalue weighted by molar-refractivity contribution is 7.90. The van der Waals surface area contributed by atoms with Crippen LogP contribution in [-0.2, 0) is 9.84 Å². The minimum atomic E-state index is -3.19. The average Bonchev–Trinajstić information content (AvgIpc) is 3.15. The van der Waals surface area contributed by atoms with Crippen molar-refractivity contribution in [1.29, 1.82) is 0 Å². The predicted octanol–water partition coefficient (Wildman–Crippen LogP) is 4.74. The fourth-order valence-electron chi connectivity index (χ4n) is 2.81. The number of sulfone groups is 1. The van der Waals surface area contributed by atoms with Gasteiger partial charge in [-0.3, -0.25) is 0 Å². The molecule has 0 saturated carbocycles. The van der Waals surface area contributed by atoms with E-state index in [4.69, 9.17) is 0 Å². The van der Waals surface area contributed by atoms with Crippen LogP contribution in [0.5, 0.6) is 0 Å². The van der Waals surface area contributed by atoms with Crippen LogP contribution >= 0.6 is 11.3 Å². The van der Waals surface area contributed by atoms with Gasteiger partial charge in [-0.2, -0.15) is 0 Å². The summed E-state index contributed by atoms with van der Waals surface area (Å²) in [4.78, 5) is 2.68. The first kappa shape index (κ1) is 15.2. The first-order valence-electron chi connectivity index (χ1n) is 7.50. The molecule has 0 bridgehead atoms. The average molecular weight is 353 g/mol. The highest BCUT2D eigenvalue weighted by Crippen LogP contribution is 2.39. The van der Waals surface area contributed by atoms with Gasteiger partial charge < -0.3 is 4.40 Å². The summed E-state index contributed by atoms with van der Waals surface area (Å²) in [7, 11) is -3.19. The van der Waals surface area contributed by atoms with Crippen molar-refractivity contribution in [3.05, 3.63) is 72.9 Å². The largest absolute Gasteiger partial charge is 0.307 e. The molecule has 4 aromatic rings. The van der Waals surface area contributed by atoms with Crippen molar-refractivity contribution >= 4 is 26.0 Å². The van der Waals surface area contributed by atoms with Crippen molar-refractivity contribution in [2.24, 2.45) is 0 Å². The molecule has 2 aromatic heterocycles. The number of rotatable bonds is 3. The molecule has 0 N–H and O–H groups in total. The Morgan fingerprint density at radius 1 is 0.833 bits per heavy atom. The zero-order valence-corrected chi connectivity index (χ0v) is 14.6. The standard InChI is InChI=1S/C19H15NO2S2/c1-24(21,22)16-11-9-14(10-12-16)18-19(15-6-3-2-4-7-15)23-17-8-5-13-20(17)18/h2-13H,1H3. The molecule has 2 aromatic carbocycles. The van der Waals surface area contributed by atoms with Crippen LogP contribution in [0.2, 0.25) is 0 Å². The molecule has 24 heavy (non-hydrogen) atoms. The Labute approximate surface area is 144 Å². The Morgan fingerprint density at radius 3 is 2.21 bits per heavy atom. The molecule has 0 spiro atoms. The zero-order chi connectivity index (χ0) is 16.7. The van der Waals surface area contributed by atoms with E-state index in [1.807, 2.05) is 42.6 Å². The highest BCUT2D eigenvalue weighted by atomic mass is 32.2. The van der Waals surface area contributed by atoms with Crippen LogP contribution in [0.25, 0.3) is 26.5 Å². The van der Waals surface area contributed by atoms with E-state index < -0.39 is 9.84 Å². The van der Waals surface area contributed by atoms with E-state index in [0.29, 0.717) is 4.90 Å². The van der Waals surface area contributed by atoms with E-state index in [2.05, 4.69) is 22.6 Å². The Balaban J connectivity index is 1.94. The number of hydrogen-bond donors (Lipinski definition) is 0. The van der Waals surface area contributed by atoms with E-state index in [1.165, 1.54) is 11.1 Å². The Hall–Kier alpha value is -2.37. The van der Waals surface area contributed by atoms with Gasteiger partial charge in [0.2, 0.25) is 0 Å². The molecule has 0 aliphatic carbocycles. The van der Waals surface area contributed by atoms with Gasteiger partial charge >= 0.3 is 0 Å². The van der Waals surface area contributed by atoms with E-state index >= 15 is 0 Å². The second-order valence-corrected chi connectivity index (χ2v) is 8.71. The minimum Gasteiger partial charge on any atom is -0.307 e. The molecule has 5 heteroatoms. The molecular weight excluding hydrogens is 338 g/mol. The molecule has 0 aliphatic heterocycles. The maximum atomic E-state index is 11.7. The molecule has 0 saturated heterocycles. The third-order valence-corrected chi connectivity index (χ3v) is 6.27. The van der Waals surface area contributed by atoms with Crippen LogP contribution in [0.15, 0.2) is 77.8 Å². The molecule has 3 nitrogen and oxygen atoms in total. The number of benzene rings is 2. The molecule has 0 aliphatic rings. The fourth-order valence-corrected chi connectivity index (χ4v) is 4.61. The van der Waals surface area contributed by atoms with Crippen molar-refractivity contribution in [3.63, 3.8) is 0 Å². The molecule has 2 heterocycles. The fraction of sp³-hybridized carbons (Fsp3) is 0.0526. The third-order valence-electron chi connectivity index (χ3n) is 3.97. The number of fused-ring (bicyclic) bond motifs is 1. The number of nitrogens with zero attached hydrogens (tertiary/aromatic N) is 1. The van der Waals surface area contributed by atoms with Gasteiger partial charge in [0.1, 0.15) is 4.83 Å². The monoisotopic (exact) mass is 353 g/mol. The van der Waals surface area contributed by atoms with Crippen LogP contribution < -0.4 is 0 Å². The third kappa shape index (κ3) is 2.56. The Morgan fingerprint density at radius 2 is 1.54 bits per heavy atom. The maximum absolute atomic E-state index is 11.7. The van der Waals surface area contributed by atoms with E-state index in [1.54, 1.807) is 23.5 Å². The van der Waals surface area contributed by atoms with Crippen molar-refractivity contribution < 1.29 is 8.42 Å². The second kappa shape index (κ2) is 5.61. The van der Waals surface area contributed by atoms with Crippen LogP contribution in [0.1, 0.15) is 0 Å². The van der Waals surface area contributed by atoms with Crippen LogP contribution in [0, 0.1) is 0 Å². The summed E-state index contributed by atoms with van der Waals surface area (Å²) in [5, 5.41) is 0. The SMILES string of the molecule is CS(=O)(=O)c1ccc(-c2c(-c3ccccc3)sc3cccn23)cc1. The molecule has 0 fully saturated rings. The van der Waals surface area contributed by atoms with Crippen LogP contribution in [0.3, 0.4) is 0 Å².